The first-order valence-electron chi connectivity index (χ1n) is 8.23. The maximum absolute atomic E-state index is 5.98. The fourth-order valence-corrected chi connectivity index (χ4v) is 2.81. The minimum Gasteiger partial charge on any atom is -0.486 e. The van der Waals surface area contributed by atoms with Crippen LogP contribution in [0.15, 0.2) is 59.0 Å². The molecule has 2 aromatic carbocycles. The molecule has 6 nitrogen and oxygen atoms in total. The topological polar surface area (TPSA) is 60.6 Å². The van der Waals surface area contributed by atoms with Gasteiger partial charge < -0.3 is 13.9 Å². The molecule has 0 saturated carbocycles. The van der Waals surface area contributed by atoms with Crippen molar-refractivity contribution in [3.63, 3.8) is 0 Å². The van der Waals surface area contributed by atoms with Gasteiger partial charge in [-0.1, -0.05) is 30.3 Å². The summed E-state index contributed by atoms with van der Waals surface area (Å²) in [6.07, 6.45) is -0.0311. The lowest BCUT2D eigenvalue weighted by molar-refractivity contribution is 0.0619. The van der Waals surface area contributed by atoms with E-state index >= 15 is 0 Å². The molecule has 128 valence electrons. The highest BCUT2D eigenvalue weighted by Gasteiger charge is 2.22. The highest BCUT2D eigenvalue weighted by Crippen LogP contribution is 2.31. The van der Waals surface area contributed by atoms with Gasteiger partial charge in [0, 0.05) is 12.1 Å². The monoisotopic (exact) mass is 337 g/mol. The number of aromatic nitrogens is 2. The third-order valence-electron chi connectivity index (χ3n) is 3.98. The van der Waals surface area contributed by atoms with E-state index in [1.165, 1.54) is 0 Å². The van der Waals surface area contributed by atoms with Crippen LogP contribution in [-0.2, 0) is 6.54 Å². The number of para-hydroxylation sites is 2. The number of likely N-dealkylation sites (N-methyl/N-ethyl adjacent to an activating group) is 1. The number of ether oxygens (including phenoxy) is 2. The van der Waals surface area contributed by atoms with E-state index in [0.717, 1.165) is 17.1 Å². The minimum absolute atomic E-state index is 0.0311. The van der Waals surface area contributed by atoms with Crippen LogP contribution in [0.1, 0.15) is 5.89 Å². The van der Waals surface area contributed by atoms with Crippen molar-refractivity contribution < 1.29 is 13.9 Å². The van der Waals surface area contributed by atoms with Crippen LogP contribution in [0, 0.1) is 0 Å². The Morgan fingerprint density at radius 2 is 1.76 bits per heavy atom. The van der Waals surface area contributed by atoms with Gasteiger partial charge in [-0.3, -0.25) is 4.90 Å². The van der Waals surface area contributed by atoms with Crippen molar-refractivity contribution in [1.82, 2.24) is 15.1 Å². The number of hydrogen-bond acceptors (Lipinski definition) is 6. The highest BCUT2D eigenvalue weighted by molar-refractivity contribution is 5.51. The van der Waals surface area contributed by atoms with Crippen molar-refractivity contribution in [2.24, 2.45) is 0 Å². The second-order valence-electron chi connectivity index (χ2n) is 6.06. The van der Waals surface area contributed by atoms with Gasteiger partial charge in [-0.2, -0.15) is 0 Å². The Bertz CT molecular complexity index is 835. The largest absolute Gasteiger partial charge is 0.486 e. The van der Waals surface area contributed by atoms with E-state index in [9.17, 15) is 0 Å². The summed E-state index contributed by atoms with van der Waals surface area (Å²) in [5, 5.41) is 8.25. The van der Waals surface area contributed by atoms with Gasteiger partial charge in [0.25, 0.3) is 0 Å². The van der Waals surface area contributed by atoms with Crippen LogP contribution >= 0.6 is 0 Å². The first-order valence-corrected chi connectivity index (χ1v) is 8.23. The standard InChI is InChI=1S/C19H19N3O3/c1-22(11-15-13-23-16-9-5-6-10-17(16)24-15)12-18-20-21-19(25-18)14-7-3-2-4-8-14/h2-10,15H,11-13H2,1H3/t15-/m1/s1. The number of benzene rings is 2. The Morgan fingerprint density at radius 3 is 2.60 bits per heavy atom. The zero-order valence-corrected chi connectivity index (χ0v) is 14.0. The molecule has 25 heavy (non-hydrogen) atoms. The molecule has 0 spiro atoms. The molecule has 0 radical (unpaired) electrons. The molecule has 1 aromatic heterocycles. The lowest BCUT2D eigenvalue weighted by Gasteiger charge is -2.29. The lowest BCUT2D eigenvalue weighted by atomic mass is 10.2. The third kappa shape index (κ3) is 3.64. The zero-order chi connectivity index (χ0) is 17.1. The molecule has 1 aliphatic rings. The first kappa shape index (κ1) is 15.7. The summed E-state index contributed by atoms with van der Waals surface area (Å²) >= 11 is 0. The number of hydrogen-bond donors (Lipinski definition) is 0. The van der Waals surface area contributed by atoms with Gasteiger partial charge in [-0.15, -0.1) is 10.2 Å². The molecular formula is C19H19N3O3. The second-order valence-corrected chi connectivity index (χ2v) is 6.06. The summed E-state index contributed by atoms with van der Waals surface area (Å²) in [5.74, 6) is 2.70. The summed E-state index contributed by atoms with van der Waals surface area (Å²) in [6, 6.07) is 17.5. The Hall–Kier alpha value is -2.86. The molecule has 0 bridgehead atoms. The summed E-state index contributed by atoms with van der Waals surface area (Å²) in [5.41, 5.74) is 0.921. The van der Waals surface area contributed by atoms with Crippen LogP contribution in [0.25, 0.3) is 11.5 Å². The van der Waals surface area contributed by atoms with E-state index in [0.29, 0.717) is 31.5 Å². The second kappa shape index (κ2) is 6.94. The van der Waals surface area contributed by atoms with Gasteiger partial charge >= 0.3 is 0 Å². The first-order chi connectivity index (χ1) is 12.3. The van der Waals surface area contributed by atoms with Gasteiger partial charge in [-0.25, -0.2) is 0 Å². The van der Waals surface area contributed by atoms with E-state index in [1.54, 1.807) is 0 Å². The van der Waals surface area contributed by atoms with Crippen molar-refractivity contribution in [3.05, 3.63) is 60.5 Å². The molecule has 6 heteroatoms. The van der Waals surface area contributed by atoms with E-state index in [1.807, 2.05) is 61.6 Å². The SMILES string of the molecule is CN(Cc1nnc(-c2ccccc2)o1)C[C@@H]1COc2ccccc2O1. The molecule has 0 amide bonds. The van der Waals surface area contributed by atoms with E-state index in [-0.39, 0.29) is 6.10 Å². The predicted molar refractivity (Wildman–Crippen MR) is 92.4 cm³/mol. The maximum Gasteiger partial charge on any atom is 0.247 e. The normalized spacial score (nSPS) is 16.2. The van der Waals surface area contributed by atoms with Crippen LogP contribution in [-0.4, -0.2) is 41.4 Å². The molecule has 0 unspecified atom stereocenters. The van der Waals surface area contributed by atoms with Crippen LogP contribution < -0.4 is 9.47 Å². The Labute approximate surface area is 146 Å². The summed E-state index contributed by atoms with van der Waals surface area (Å²) in [6.45, 7) is 1.79. The summed E-state index contributed by atoms with van der Waals surface area (Å²) in [7, 11) is 2.00. The molecule has 1 atom stereocenters. The molecule has 3 aromatic rings. The average molecular weight is 337 g/mol. The predicted octanol–water partition coefficient (Wildman–Crippen LogP) is 3.01. The molecule has 1 aliphatic heterocycles. The Morgan fingerprint density at radius 1 is 1.00 bits per heavy atom. The Kier molecular flexibility index (Phi) is 4.35. The van der Waals surface area contributed by atoms with E-state index in [2.05, 4.69) is 15.1 Å². The minimum atomic E-state index is -0.0311. The number of rotatable bonds is 5. The molecular weight excluding hydrogens is 318 g/mol. The number of nitrogens with zero attached hydrogens (tertiary/aromatic N) is 3. The van der Waals surface area contributed by atoms with Gasteiger partial charge in [0.1, 0.15) is 12.7 Å². The highest BCUT2D eigenvalue weighted by atomic mass is 16.6. The van der Waals surface area contributed by atoms with Crippen molar-refractivity contribution >= 4 is 0 Å². The van der Waals surface area contributed by atoms with Crippen molar-refractivity contribution in [1.29, 1.82) is 0 Å². The smallest absolute Gasteiger partial charge is 0.247 e. The van der Waals surface area contributed by atoms with Gasteiger partial charge in [0.15, 0.2) is 11.5 Å². The van der Waals surface area contributed by atoms with Crippen LogP contribution in [0.5, 0.6) is 11.5 Å². The molecule has 2 heterocycles. The van der Waals surface area contributed by atoms with E-state index in [4.69, 9.17) is 13.9 Å². The lowest BCUT2D eigenvalue weighted by Crippen LogP contribution is -2.39. The molecule has 4 rings (SSSR count). The fourth-order valence-electron chi connectivity index (χ4n) is 2.81. The zero-order valence-electron chi connectivity index (χ0n) is 14.0. The maximum atomic E-state index is 5.98. The third-order valence-corrected chi connectivity index (χ3v) is 3.98. The average Bonchev–Trinajstić information content (AvgIpc) is 3.10. The van der Waals surface area contributed by atoms with Gasteiger partial charge in [0.05, 0.1) is 6.54 Å². The van der Waals surface area contributed by atoms with Gasteiger partial charge in [0.2, 0.25) is 11.8 Å². The van der Waals surface area contributed by atoms with E-state index < -0.39 is 0 Å². The van der Waals surface area contributed by atoms with Crippen molar-refractivity contribution in [2.75, 3.05) is 20.2 Å². The molecule has 0 N–H and O–H groups in total. The van der Waals surface area contributed by atoms with Crippen LogP contribution in [0.2, 0.25) is 0 Å². The van der Waals surface area contributed by atoms with Crippen molar-refractivity contribution in [3.8, 4) is 23.0 Å². The van der Waals surface area contributed by atoms with Crippen LogP contribution in [0.3, 0.4) is 0 Å². The Balaban J connectivity index is 1.35. The fraction of sp³-hybridized carbons (Fsp3) is 0.263. The van der Waals surface area contributed by atoms with Gasteiger partial charge in [-0.05, 0) is 31.3 Å². The molecule has 0 aliphatic carbocycles. The molecule has 0 saturated heterocycles. The van der Waals surface area contributed by atoms with Crippen molar-refractivity contribution in [2.45, 2.75) is 12.6 Å². The van der Waals surface area contributed by atoms with Crippen LogP contribution in [0.4, 0.5) is 0 Å². The summed E-state index contributed by atoms with van der Waals surface area (Å²) in [4.78, 5) is 2.09. The quantitative estimate of drug-likeness (QED) is 0.713. The summed E-state index contributed by atoms with van der Waals surface area (Å²) < 4.78 is 17.5. The molecule has 0 fully saturated rings. The number of fused-ring (bicyclic) bond motifs is 1.